The van der Waals surface area contributed by atoms with Crippen molar-refractivity contribution in [3.63, 3.8) is 0 Å². The summed E-state index contributed by atoms with van der Waals surface area (Å²) in [6.07, 6.45) is 16.5. The molecule has 4 aliphatic rings. The molecule has 0 spiro atoms. The molecule has 0 heterocycles. The lowest BCUT2D eigenvalue weighted by atomic mass is 9.48. The monoisotopic (exact) mass is 332 g/mol. The fourth-order valence-corrected chi connectivity index (χ4v) is 7.87. The van der Waals surface area contributed by atoms with Crippen molar-refractivity contribution in [2.45, 2.75) is 97.5 Å². The molecule has 138 valence electrons. The van der Waals surface area contributed by atoms with Gasteiger partial charge in [-0.05, 0) is 92.3 Å². The molecule has 0 aromatic heterocycles. The van der Waals surface area contributed by atoms with E-state index >= 15 is 0 Å². The van der Waals surface area contributed by atoms with Crippen LogP contribution >= 0.6 is 0 Å². The molecule has 4 unspecified atom stereocenters. The summed E-state index contributed by atoms with van der Waals surface area (Å²) in [6.45, 7) is 8.50. The molecule has 4 saturated carbocycles. The Hall–Kier alpha value is -0.0400. The van der Waals surface area contributed by atoms with Crippen LogP contribution < -0.4 is 0 Å². The summed E-state index contributed by atoms with van der Waals surface area (Å²) in [5.74, 6) is 6.09. The largest absolute Gasteiger partial charge is 0.378 e. The topological polar surface area (TPSA) is 9.23 Å². The summed E-state index contributed by atoms with van der Waals surface area (Å²) >= 11 is 0. The molecule has 0 aromatic carbocycles. The molecule has 1 heteroatoms. The van der Waals surface area contributed by atoms with Gasteiger partial charge in [0, 0.05) is 6.61 Å². The molecule has 0 amide bonds. The summed E-state index contributed by atoms with van der Waals surface area (Å²) < 4.78 is 6.38. The molecular weight excluding hydrogens is 292 g/mol. The number of unbranched alkanes of at least 4 members (excludes halogenated alkanes) is 1. The molecule has 0 radical (unpaired) electrons. The Morgan fingerprint density at radius 1 is 0.875 bits per heavy atom. The van der Waals surface area contributed by atoms with E-state index in [0.717, 1.165) is 42.1 Å². The van der Waals surface area contributed by atoms with Crippen LogP contribution in [0.15, 0.2) is 0 Å². The van der Waals surface area contributed by atoms with Crippen LogP contribution in [0.3, 0.4) is 0 Å². The maximum atomic E-state index is 6.38. The average molecular weight is 333 g/mol. The first-order valence-corrected chi connectivity index (χ1v) is 11.3. The van der Waals surface area contributed by atoms with Crippen LogP contribution in [-0.2, 0) is 4.74 Å². The van der Waals surface area contributed by atoms with Gasteiger partial charge in [0.2, 0.25) is 0 Å². The lowest BCUT2D eigenvalue weighted by molar-refractivity contribution is -0.102. The number of hydrogen-bond acceptors (Lipinski definition) is 1. The van der Waals surface area contributed by atoms with E-state index in [1.54, 1.807) is 6.42 Å². The van der Waals surface area contributed by atoms with Gasteiger partial charge in [0.1, 0.15) is 0 Å². The zero-order chi connectivity index (χ0) is 16.7. The highest BCUT2D eigenvalue weighted by molar-refractivity contribution is 5.07. The number of ether oxygens (including phenoxy) is 1. The van der Waals surface area contributed by atoms with Crippen molar-refractivity contribution >= 4 is 0 Å². The van der Waals surface area contributed by atoms with Crippen molar-refractivity contribution in [2.24, 2.45) is 40.9 Å². The molecule has 0 saturated heterocycles. The molecule has 4 fully saturated rings. The van der Waals surface area contributed by atoms with Crippen LogP contribution in [-0.4, -0.2) is 12.7 Å². The molecule has 0 bridgehead atoms. The quantitative estimate of drug-likeness (QED) is 0.537. The van der Waals surface area contributed by atoms with E-state index in [-0.39, 0.29) is 0 Å². The van der Waals surface area contributed by atoms with Crippen LogP contribution in [0, 0.1) is 40.9 Å². The Kier molecular flexibility index (Phi) is 5.02. The Bertz CT molecular complexity index is 432. The predicted octanol–water partition coefficient (Wildman–Crippen LogP) is 6.46. The van der Waals surface area contributed by atoms with Crippen molar-refractivity contribution in [3.05, 3.63) is 0 Å². The van der Waals surface area contributed by atoms with E-state index in [1.165, 1.54) is 64.2 Å². The molecule has 0 aromatic rings. The molecule has 8 atom stereocenters. The second-order valence-electron chi connectivity index (χ2n) is 10.1. The fraction of sp³-hybridized carbons (Fsp3) is 1.00. The van der Waals surface area contributed by atoms with Gasteiger partial charge in [-0.3, -0.25) is 0 Å². The minimum Gasteiger partial charge on any atom is -0.378 e. The Labute approximate surface area is 150 Å². The Balaban J connectivity index is 1.48. The lowest BCUT2D eigenvalue weighted by Crippen LogP contribution is -2.51. The number of hydrogen-bond donors (Lipinski definition) is 0. The second kappa shape index (κ2) is 6.93. The van der Waals surface area contributed by atoms with Crippen molar-refractivity contribution in [1.82, 2.24) is 0 Å². The van der Waals surface area contributed by atoms with Crippen LogP contribution in [0.2, 0.25) is 0 Å². The number of fused-ring (bicyclic) bond motifs is 5. The molecule has 4 rings (SSSR count). The summed E-state index contributed by atoms with van der Waals surface area (Å²) in [5.41, 5.74) is 0.603. The van der Waals surface area contributed by atoms with Gasteiger partial charge in [0.05, 0.1) is 6.10 Å². The van der Waals surface area contributed by atoms with E-state index in [9.17, 15) is 0 Å². The van der Waals surface area contributed by atoms with Crippen LogP contribution in [0.4, 0.5) is 0 Å². The van der Waals surface area contributed by atoms with Gasteiger partial charge in [-0.2, -0.15) is 0 Å². The minimum atomic E-state index is 0.588. The van der Waals surface area contributed by atoms with Gasteiger partial charge in [0.15, 0.2) is 0 Å². The van der Waals surface area contributed by atoms with Gasteiger partial charge < -0.3 is 4.74 Å². The van der Waals surface area contributed by atoms with E-state index in [1.807, 2.05) is 0 Å². The molecule has 0 N–H and O–H groups in total. The third-order valence-corrected chi connectivity index (χ3v) is 9.11. The van der Waals surface area contributed by atoms with Crippen molar-refractivity contribution in [2.75, 3.05) is 6.61 Å². The van der Waals surface area contributed by atoms with Crippen molar-refractivity contribution < 1.29 is 4.74 Å². The third-order valence-electron chi connectivity index (χ3n) is 9.11. The predicted molar refractivity (Wildman–Crippen MR) is 101 cm³/mol. The third kappa shape index (κ3) is 2.78. The summed E-state index contributed by atoms with van der Waals surface area (Å²) in [5, 5.41) is 0. The highest BCUT2D eigenvalue weighted by Crippen LogP contribution is 2.64. The van der Waals surface area contributed by atoms with Crippen molar-refractivity contribution in [1.29, 1.82) is 0 Å². The Morgan fingerprint density at radius 3 is 2.50 bits per heavy atom. The highest BCUT2D eigenvalue weighted by atomic mass is 16.5. The summed E-state index contributed by atoms with van der Waals surface area (Å²) in [7, 11) is 0. The zero-order valence-corrected chi connectivity index (χ0v) is 16.4. The van der Waals surface area contributed by atoms with Gasteiger partial charge >= 0.3 is 0 Å². The van der Waals surface area contributed by atoms with Crippen LogP contribution in [0.25, 0.3) is 0 Å². The molecular formula is C23H40O. The smallest absolute Gasteiger partial charge is 0.0608 e. The lowest BCUT2D eigenvalue weighted by Gasteiger charge is -2.57. The molecule has 0 aliphatic heterocycles. The van der Waals surface area contributed by atoms with Crippen LogP contribution in [0.1, 0.15) is 91.4 Å². The fourth-order valence-electron chi connectivity index (χ4n) is 7.87. The highest BCUT2D eigenvalue weighted by Gasteiger charge is 2.58. The van der Waals surface area contributed by atoms with Gasteiger partial charge in [-0.25, -0.2) is 0 Å². The molecule has 1 nitrogen and oxygen atoms in total. The van der Waals surface area contributed by atoms with Gasteiger partial charge in [-0.1, -0.05) is 40.0 Å². The number of rotatable bonds is 4. The minimum absolute atomic E-state index is 0.588. The normalized spacial score (nSPS) is 50.9. The Morgan fingerprint density at radius 2 is 1.67 bits per heavy atom. The van der Waals surface area contributed by atoms with Gasteiger partial charge in [0.25, 0.3) is 0 Å². The van der Waals surface area contributed by atoms with Crippen LogP contribution in [0.5, 0.6) is 0 Å². The van der Waals surface area contributed by atoms with Gasteiger partial charge in [-0.15, -0.1) is 0 Å². The first-order valence-electron chi connectivity index (χ1n) is 11.3. The standard InChI is InChI=1S/C23H40O/c1-4-5-15-24-22-13-14-23(3)20-11-9-17-16(2)7-6-8-18(17)19(20)10-12-21(22)23/h16-22H,4-15H2,1-3H3/t16-,17+,18?,19?,20?,21?,22+,23+/m1/s1. The first kappa shape index (κ1) is 17.4. The molecule has 24 heavy (non-hydrogen) atoms. The maximum Gasteiger partial charge on any atom is 0.0608 e. The first-order chi connectivity index (χ1) is 11.6. The average Bonchev–Trinajstić information content (AvgIpc) is 2.92. The van der Waals surface area contributed by atoms with E-state index in [4.69, 9.17) is 4.74 Å². The van der Waals surface area contributed by atoms with E-state index in [0.29, 0.717) is 11.5 Å². The SMILES string of the molecule is CCCCO[C@H]1CC[C@@]2(C)C3CC[C@@H]4C(CCC[C@H]4C)C3CCC12. The van der Waals surface area contributed by atoms with E-state index < -0.39 is 0 Å². The van der Waals surface area contributed by atoms with E-state index in [2.05, 4.69) is 20.8 Å². The summed E-state index contributed by atoms with van der Waals surface area (Å²) in [4.78, 5) is 0. The maximum absolute atomic E-state index is 6.38. The second-order valence-corrected chi connectivity index (χ2v) is 10.1. The zero-order valence-electron chi connectivity index (χ0n) is 16.4. The molecule has 4 aliphatic carbocycles. The van der Waals surface area contributed by atoms with Crippen molar-refractivity contribution in [3.8, 4) is 0 Å². The summed E-state index contributed by atoms with van der Waals surface area (Å²) in [6, 6.07) is 0.